The molecule has 1 heterocycles. The number of hydrogen-bond donors (Lipinski definition) is 3. The Hall–Kier alpha value is -3.22. The molecule has 0 saturated carbocycles. The molecule has 29 heavy (non-hydrogen) atoms. The molecule has 1 atom stereocenters. The van der Waals surface area contributed by atoms with Crippen LogP contribution in [0.4, 0.5) is 11.4 Å². The number of aliphatic imine (C=N–C) groups is 1. The Bertz CT molecular complexity index is 882. The van der Waals surface area contributed by atoms with E-state index in [0.29, 0.717) is 31.5 Å². The van der Waals surface area contributed by atoms with E-state index in [9.17, 15) is 4.79 Å². The molecule has 2 aromatic rings. The van der Waals surface area contributed by atoms with E-state index in [-0.39, 0.29) is 11.8 Å². The Morgan fingerprint density at radius 1 is 1.10 bits per heavy atom. The first-order valence-electron chi connectivity index (χ1n) is 9.91. The van der Waals surface area contributed by atoms with Crippen LogP contribution in [0.15, 0.2) is 47.5 Å². The van der Waals surface area contributed by atoms with E-state index in [0.717, 1.165) is 35.5 Å². The summed E-state index contributed by atoms with van der Waals surface area (Å²) in [7, 11) is 0. The highest BCUT2D eigenvalue weighted by atomic mass is 16.5. The molecule has 1 aliphatic rings. The van der Waals surface area contributed by atoms with Crippen molar-refractivity contribution >= 4 is 23.2 Å². The second-order valence-electron chi connectivity index (χ2n) is 7.04. The van der Waals surface area contributed by atoms with Crippen LogP contribution in [0.25, 0.3) is 0 Å². The van der Waals surface area contributed by atoms with Crippen molar-refractivity contribution < 1.29 is 14.3 Å². The monoisotopic (exact) mass is 396 g/mol. The molecule has 2 aromatic carbocycles. The number of nitrogens with two attached hydrogens (primary N) is 1. The van der Waals surface area contributed by atoms with Gasteiger partial charge in [0, 0.05) is 29.8 Å². The summed E-state index contributed by atoms with van der Waals surface area (Å²) in [6, 6.07) is 13.2. The molecule has 7 nitrogen and oxygen atoms in total. The summed E-state index contributed by atoms with van der Waals surface area (Å²) < 4.78 is 11.3. The van der Waals surface area contributed by atoms with Crippen LogP contribution in [0.3, 0.4) is 0 Å². The van der Waals surface area contributed by atoms with Crippen molar-refractivity contribution in [1.82, 2.24) is 0 Å². The highest BCUT2D eigenvalue weighted by molar-refractivity contribution is 5.93. The number of nitrogens with one attached hydrogen (secondary N) is 2. The van der Waals surface area contributed by atoms with Crippen LogP contribution in [0.5, 0.6) is 11.5 Å². The lowest BCUT2D eigenvalue weighted by molar-refractivity contribution is -0.119. The predicted molar refractivity (Wildman–Crippen MR) is 116 cm³/mol. The van der Waals surface area contributed by atoms with Gasteiger partial charge in [-0.05, 0) is 36.2 Å². The SMILES string of the molecule is CCC(C)C(=O)Nc1cccc(CN=C(N)Nc2ccc3c(c2)OCCCO3)c1. The number of anilines is 2. The quantitative estimate of drug-likeness (QED) is 0.510. The van der Waals surface area contributed by atoms with Crippen molar-refractivity contribution in [3.63, 3.8) is 0 Å². The van der Waals surface area contributed by atoms with Gasteiger partial charge >= 0.3 is 0 Å². The van der Waals surface area contributed by atoms with Gasteiger partial charge in [-0.3, -0.25) is 4.79 Å². The second-order valence-corrected chi connectivity index (χ2v) is 7.04. The van der Waals surface area contributed by atoms with Crippen LogP contribution in [0.1, 0.15) is 32.3 Å². The number of carbonyl (C=O) groups excluding carboxylic acids is 1. The predicted octanol–water partition coefficient (Wildman–Crippen LogP) is 3.76. The minimum absolute atomic E-state index is 0.0174. The maximum absolute atomic E-state index is 12.1. The number of amides is 1. The highest BCUT2D eigenvalue weighted by Crippen LogP contribution is 2.32. The maximum atomic E-state index is 12.1. The van der Waals surface area contributed by atoms with Crippen LogP contribution in [0, 0.1) is 5.92 Å². The van der Waals surface area contributed by atoms with E-state index >= 15 is 0 Å². The van der Waals surface area contributed by atoms with E-state index in [1.807, 2.05) is 56.3 Å². The van der Waals surface area contributed by atoms with Crippen LogP contribution < -0.4 is 25.8 Å². The largest absolute Gasteiger partial charge is 0.490 e. The molecule has 1 aliphatic heterocycles. The van der Waals surface area contributed by atoms with Gasteiger partial charge in [0.05, 0.1) is 19.8 Å². The van der Waals surface area contributed by atoms with Gasteiger partial charge in [-0.2, -0.15) is 0 Å². The Morgan fingerprint density at radius 2 is 1.86 bits per heavy atom. The average Bonchev–Trinajstić information content (AvgIpc) is 2.97. The summed E-state index contributed by atoms with van der Waals surface area (Å²) in [5.74, 6) is 1.73. The topological polar surface area (TPSA) is 98.0 Å². The lowest BCUT2D eigenvalue weighted by atomic mass is 10.1. The molecular formula is C22H28N4O3. The Kier molecular flexibility index (Phi) is 6.94. The van der Waals surface area contributed by atoms with Crippen molar-refractivity contribution in [2.45, 2.75) is 33.2 Å². The third-order valence-corrected chi connectivity index (χ3v) is 4.71. The van der Waals surface area contributed by atoms with Gasteiger partial charge in [0.1, 0.15) is 0 Å². The van der Waals surface area contributed by atoms with E-state index in [4.69, 9.17) is 15.2 Å². The van der Waals surface area contributed by atoms with E-state index < -0.39 is 0 Å². The molecule has 154 valence electrons. The lowest BCUT2D eigenvalue weighted by Crippen LogP contribution is -2.22. The summed E-state index contributed by atoms with van der Waals surface area (Å²) in [6.45, 7) is 5.59. The van der Waals surface area contributed by atoms with Gasteiger partial charge in [-0.15, -0.1) is 0 Å². The zero-order chi connectivity index (χ0) is 20.6. The number of ether oxygens (including phenoxy) is 2. The molecule has 0 fully saturated rings. The first kappa shape index (κ1) is 20.5. The standard InChI is InChI=1S/C22H28N4O3/c1-3-15(2)21(27)25-17-7-4-6-16(12-17)14-24-22(23)26-18-8-9-19-20(13-18)29-11-5-10-28-19/h4,6-9,12-13,15H,3,5,10-11,14H2,1-2H3,(H,25,27)(H3,23,24,26). The first-order chi connectivity index (χ1) is 14.0. The molecule has 0 aromatic heterocycles. The summed E-state index contributed by atoms with van der Waals surface area (Å²) in [6.07, 6.45) is 1.66. The number of benzene rings is 2. The fraction of sp³-hybridized carbons (Fsp3) is 0.364. The highest BCUT2D eigenvalue weighted by Gasteiger charge is 2.12. The molecule has 0 bridgehead atoms. The van der Waals surface area contributed by atoms with Crippen molar-refractivity contribution in [3.8, 4) is 11.5 Å². The minimum Gasteiger partial charge on any atom is -0.490 e. The van der Waals surface area contributed by atoms with Crippen LogP contribution >= 0.6 is 0 Å². The molecule has 0 saturated heterocycles. The first-order valence-corrected chi connectivity index (χ1v) is 9.91. The number of nitrogens with zero attached hydrogens (tertiary/aromatic N) is 1. The second kappa shape index (κ2) is 9.82. The molecule has 0 aliphatic carbocycles. The van der Waals surface area contributed by atoms with Gasteiger partial charge in [0.15, 0.2) is 17.5 Å². The third-order valence-electron chi connectivity index (χ3n) is 4.71. The summed E-state index contributed by atoms with van der Waals surface area (Å²) in [5.41, 5.74) is 8.53. The number of rotatable bonds is 6. The molecule has 4 N–H and O–H groups in total. The Balaban J connectivity index is 1.60. The van der Waals surface area contributed by atoms with Gasteiger partial charge in [-0.25, -0.2) is 4.99 Å². The summed E-state index contributed by atoms with van der Waals surface area (Å²) in [5, 5.41) is 6.01. The van der Waals surface area contributed by atoms with Crippen molar-refractivity contribution in [1.29, 1.82) is 0 Å². The summed E-state index contributed by atoms with van der Waals surface area (Å²) >= 11 is 0. The van der Waals surface area contributed by atoms with E-state index in [1.165, 1.54) is 0 Å². The maximum Gasteiger partial charge on any atom is 0.227 e. The van der Waals surface area contributed by atoms with Gasteiger partial charge in [0.25, 0.3) is 0 Å². The number of carbonyl (C=O) groups is 1. The van der Waals surface area contributed by atoms with Crippen LogP contribution in [0.2, 0.25) is 0 Å². The molecule has 0 radical (unpaired) electrons. The third kappa shape index (κ3) is 5.88. The van der Waals surface area contributed by atoms with Gasteiger partial charge in [-0.1, -0.05) is 26.0 Å². The molecule has 7 heteroatoms. The van der Waals surface area contributed by atoms with Crippen LogP contribution in [-0.2, 0) is 11.3 Å². The zero-order valence-corrected chi connectivity index (χ0v) is 16.9. The van der Waals surface area contributed by atoms with Crippen molar-refractivity contribution in [2.75, 3.05) is 23.8 Å². The Labute approximate surface area is 171 Å². The van der Waals surface area contributed by atoms with Gasteiger partial charge in [0.2, 0.25) is 5.91 Å². The normalized spacial score (nSPS) is 14.6. The average molecular weight is 396 g/mol. The molecular weight excluding hydrogens is 368 g/mol. The van der Waals surface area contributed by atoms with Crippen molar-refractivity contribution in [2.24, 2.45) is 16.6 Å². The fourth-order valence-corrected chi connectivity index (χ4v) is 2.80. The molecule has 1 amide bonds. The smallest absolute Gasteiger partial charge is 0.227 e. The number of guanidine groups is 1. The molecule has 1 unspecified atom stereocenters. The van der Waals surface area contributed by atoms with Crippen molar-refractivity contribution in [3.05, 3.63) is 48.0 Å². The van der Waals surface area contributed by atoms with E-state index in [2.05, 4.69) is 15.6 Å². The number of fused-ring (bicyclic) bond motifs is 1. The zero-order valence-electron chi connectivity index (χ0n) is 16.9. The lowest BCUT2D eigenvalue weighted by Gasteiger charge is -2.11. The van der Waals surface area contributed by atoms with Gasteiger partial charge < -0.3 is 25.8 Å². The fourth-order valence-electron chi connectivity index (χ4n) is 2.80. The van der Waals surface area contributed by atoms with E-state index in [1.54, 1.807) is 0 Å². The molecule has 3 rings (SSSR count). The number of hydrogen-bond acceptors (Lipinski definition) is 4. The minimum atomic E-state index is -0.0215. The molecule has 0 spiro atoms. The Morgan fingerprint density at radius 3 is 2.66 bits per heavy atom. The van der Waals surface area contributed by atoms with Crippen LogP contribution in [-0.4, -0.2) is 25.1 Å². The summed E-state index contributed by atoms with van der Waals surface area (Å²) in [4.78, 5) is 16.5.